The molecule has 1 rings (SSSR count). The van der Waals surface area contributed by atoms with Crippen LogP contribution < -0.4 is 38.5 Å². The zero-order valence-corrected chi connectivity index (χ0v) is 25.6. The molecule has 5 amide bonds. The number of nitrogens with two attached hydrogens (primary N) is 3. The first-order valence-electron chi connectivity index (χ1n) is 14.7. The van der Waals surface area contributed by atoms with Gasteiger partial charge in [-0.05, 0) is 43.9 Å². The van der Waals surface area contributed by atoms with Gasteiger partial charge in [0.15, 0.2) is 5.96 Å². The van der Waals surface area contributed by atoms with E-state index in [1.165, 1.54) is 4.90 Å². The molecule has 1 heterocycles. The summed E-state index contributed by atoms with van der Waals surface area (Å²) in [4.78, 5) is 80.7. The smallest absolute Gasteiger partial charge is 0.322 e. The number of carboxylic acids is 1. The van der Waals surface area contributed by atoms with Crippen molar-refractivity contribution in [3.05, 3.63) is 0 Å². The highest BCUT2D eigenvalue weighted by molar-refractivity contribution is 5.96. The van der Waals surface area contributed by atoms with Gasteiger partial charge < -0.3 is 48.5 Å². The lowest BCUT2D eigenvalue weighted by Crippen LogP contribution is -2.58. The fourth-order valence-corrected chi connectivity index (χ4v) is 4.54. The molecule has 0 aromatic rings. The number of likely N-dealkylation sites (tertiary alicyclic amines) is 1. The molecule has 1 fully saturated rings. The van der Waals surface area contributed by atoms with Crippen molar-refractivity contribution < 1.29 is 33.9 Å². The third-order valence-corrected chi connectivity index (χ3v) is 7.16. The monoisotopic (exact) mass is 611 g/mol. The molecule has 0 aliphatic carbocycles. The number of hydrogen-bond donors (Lipinski definition) is 8. The molecular weight excluding hydrogens is 562 g/mol. The van der Waals surface area contributed by atoms with E-state index >= 15 is 0 Å². The number of hydrogen-bond acceptors (Lipinski definition) is 8. The van der Waals surface area contributed by atoms with Crippen LogP contribution in [0.5, 0.6) is 0 Å². The van der Waals surface area contributed by atoms with Crippen molar-refractivity contribution >= 4 is 41.5 Å². The molecule has 1 aliphatic rings. The average molecular weight is 612 g/mol. The molecule has 0 aromatic heterocycles. The average Bonchev–Trinajstić information content (AvgIpc) is 3.44. The van der Waals surface area contributed by atoms with Crippen molar-refractivity contribution in [1.82, 2.24) is 26.2 Å². The van der Waals surface area contributed by atoms with E-state index in [0.717, 1.165) is 0 Å². The predicted octanol–water partition coefficient (Wildman–Crippen LogP) is -2.26. The predicted molar refractivity (Wildman–Crippen MR) is 159 cm³/mol. The van der Waals surface area contributed by atoms with Crippen LogP contribution in [0.15, 0.2) is 4.99 Å². The van der Waals surface area contributed by atoms with Gasteiger partial charge in [0.1, 0.15) is 24.7 Å². The fourth-order valence-electron chi connectivity index (χ4n) is 4.54. The third kappa shape index (κ3) is 13.3. The number of guanidine groups is 1. The molecule has 244 valence electrons. The first-order valence-corrected chi connectivity index (χ1v) is 14.7. The molecule has 0 bridgehead atoms. The summed E-state index contributed by atoms with van der Waals surface area (Å²) >= 11 is 0. The lowest BCUT2D eigenvalue weighted by molar-refractivity contribution is -0.142. The maximum absolute atomic E-state index is 13.7. The second kappa shape index (κ2) is 18.6. The molecule has 0 saturated carbocycles. The van der Waals surface area contributed by atoms with Gasteiger partial charge in [-0.15, -0.1) is 0 Å². The van der Waals surface area contributed by atoms with Gasteiger partial charge in [-0.3, -0.25) is 33.8 Å². The minimum Gasteiger partial charge on any atom is -0.480 e. The van der Waals surface area contributed by atoms with Gasteiger partial charge in [-0.1, -0.05) is 34.1 Å². The second-order valence-electron chi connectivity index (χ2n) is 11.2. The Morgan fingerprint density at radius 1 is 0.977 bits per heavy atom. The molecule has 43 heavy (non-hydrogen) atoms. The maximum Gasteiger partial charge on any atom is 0.322 e. The number of aliphatic imine (C=N–C) groups is 1. The van der Waals surface area contributed by atoms with Gasteiger partial charge in [0.25, 0.3) is 0 Å². The lowest BCUT2D eigenvalue weighted by Gasteiger charge is -2.31. The summed E-state index contributed by atoms with van der Waals surface area (Å²) in [6.07, 6.45) is 2.37. The van der Waals surface area contributed by atoms with Crippen LogP contribution in [-0.2, 0) is 28.8 Å². The van der Waals surface area contributed by atoms with Gasteiger partial charge >= 0.3 is 5.97 Å². The highest BCUT2D eigenvalue weighted by Crippen LogP contribution is 2.21. The molecule has 16 nitrogen and oxygen atoms in total. The topological polar surface area (TPSA) is 264 Å². The first kappa shape index (κ1) is 37.1. The van der Waals surface area contributed by atoms with Crippen LogP contribution in [0.4, 0.5) is 0 Å². The van der Waals surface area contributed by atoms with Gasteiger partial charge in [0.05, 0.1) is 12.6 Å². The van der Waals surface area contributed by atoms with E-state index in [1.807, 2.05) is 27.7 Å². The van der Waals surface area contributed by atoms with Crippen LogP contribution in [0.1, 0.15) is 66.2 Å². The van der Waals surface area contributed by atoms with Gasteiger partial charge in [0, 0.05) is 13.1 Å². The Hall–Kier alpha value is -3.95. The molecular formula is C27H49N9O7. The minimum absolute atomic E-state index is 0.0648. The number of carbonyl (C=O) groups excluding carboxylic acids is 5. The number of aliphatic carboxylic acids is 1. The van der Waals surface area contributed by atoms with Gasteiger partial charge in [-0.25, -0.2) is 0 Å². The Morgan fingerprint density at radius 2 is 1.65 bits per heavy atom. The number of carbonyl (C=O) groups is 6. The molecule has 11 N–H and O–H groups in total. The Balaban J connectivity index is 3.02. The summed E-state index contributed by atoms with van der Waals surface area (Å²) < 4.78 is 0. The molecule has 0 aromatic carbocycles. The van der Waals surface area contributed by atoms with Crippen molar-refractivity contribution in [2.45, 2.75) is 90.4 Å². The van der Waals surface area contributed by atoms with Gasteiger partial charge in [0.2, 0.25) is 29.5 Å². The van der Waals surface area contributed by atoms with E-state index in [2.05, 4.69) is 26.3 Å². The normalized spacial score (nSPS) is 17.3. The lowest BCUT2D eigenvalue weighted by atomic mass is 9.97. The summed E-state index contributed by atoms with van der Waals surface area (Å²) in [5.74, 6) is -4.19. The minimum atomic E-state index is -1.24. The van der Waals surface area contributed by atoms with E-state index in [0.29, 0.717) is 38.6 Å². The Bertz CT molecular complexity index is 1020. The Labute approximate surface area is 252 Å². The number of nitrogens with one attached hydrogen (secondary N) is 4. The van der Waals surface area contributed by atoms with E-state index in [4.69, 9.17) is 22.3 Å². The van der Waals surface area contributed by atoms with Gasteiger partial charge in [-0.2, -0.15) is 0 Å². The Kier molecular flexibility index (Phi) is 16.0. The quantitative estimate of drug-likeness (QED) is 0.0468. The molecule has 0 spiro atoms. The summed E-state index contributed by atoms with van der Waals surface area (Å²) in [5.41, 5.74) is 16.8. The fraction of sp³-hybridized carbons (Fsp3) is 0.741. The molecule has 1 saturated heterocycles. The number of nitrogens with zero attached hydrogens (tertiary/aromatic N) is 2. The van der Waals surface area contributed by atoms with E-state index in [9.17, 15) is 28.8 Å². The molecule has 16 heteroatoms. The molecule has 1 aliphatic heterocycles. The van der Waals surface area contributed by atoms with Crippen LogP contribution >= 0.6 is 0 Å². The highest BCUT2D eigenvalue weighted by atomic mass is 16.4. The second-order valence-corrected chi connectivity index (χ2v) is 11.2. The van der Waals surface area contributed by atoms with E-state index < -0.39 is 72.8 Å². The number of amides is 5. The summed E-state index contributed by atoms with van der Waals surface area (Å²) in [6, 6.07) is -3.63. The molecule has 0 unspecified atom stereocenters. The summed E-state index contributed by atoms with van der Waals surface area (Å²) in [7, 11) is 0. The van der Waals surface area contributed by atoms with Crippen LogP contribution in [0, 0.1) is 11.8 Å². The van der Waals surface area contributed by atoms with Crippen molar-refractivity contribution in [3.63, 3.8) is 0 Å². The molecule has 5 atom stereocenters. The number of carboxylic acid groups (broad SMARTS) is 1. The van der Waals surface area contributed by atoms with Crippen LogP contribution in [-0.4, -0.2) is 102 Å². The standard InChI is InChI=1S/C27H49N9O7/c1-5-16(4)22(28)25(42)35-18(12-15(2)3)26(43)36-11-7-9-19(36)24(41)34-17(8-6-10-31-27(29)30)23(40)33-13-20(37)32-14-21(38)39/h15-19,22H,5-14,28H2,1-4H3,(H,32,37)(H,33,40)(H,34,41)(H,35,42)(H,38,39)(H4,29,30,31)/t16-,17-,18-,19+,22-/m0/s1. The number of rotatable bonds is 18. The van der Waals surface area contributed by atoms with Crippen molar-refractivity contribution in [2.75, 3.05) is 26.2 Å². The van der Waals surface area contributed by atoms with Crippen LogP contribution in [0.3, 0.4) is 0 Å². The maximum atomic E-state index is 13.7. The van der Waals surface area contributed by atoms with Crippen molar-refractivity contribution in [2.24, 2.45) is 34.0 Å². The largest absolute Gasteiger partial charge is 0.480 e. The Morgan fingerprint density at radius 3 is 2.23 bits per heavy atom. The summed E-state index contributed by atoms with van der Waals surface area (Å²) in [6.45, 7) is 6.98. The van der Waals surface area contributed by atoms with Crippen LogP contribution in [0.2, 0.25) is 0 Å². The van der Waals surface area contributed by atoms with Crippen LogP contribution in [0.25, 0.3) is 0 Å². The zero-order chi connectivity index (χ0) is 32.7. The first-order chi connectivity index (χ1) is 20.2. The van der Waals surface area contributed by atoms with E-state index in [1.54, 1.807) is 0 Å². The molecule has 0 radical (unpaired) electrons. The zero-order valence-electron chi connectivity index (χ0n) is 25.6. The van der Waals surface area contributed by atoms with E-state index in [-0.39, 0.29) is 30.8 Å². The van der Waals surface area contributed by atoms with Crippen molar-refractivity contribution in [3.8, 4) is 0 Å². The SMILES string of the molecule is CC[C@H](C)[C@H](N)C(=O)N[C@@H](CC(C)C)C(=O)N1CCC[C@@H]1C(=O)N[C@@H](CCCN=C(N)N)C(=O)NCC(=O)NCC(=O)O. The summed E-state index contributed by atoms with van der Waals surface area (Å²) in [5, 5.41) is 18.7. The highest BCUT2D eigenvalue weighted by Gasteiger charge is 2.39. The third-order valence-electron chi connectivity index (χ3n) is 7.16. The van der Waals surface area contributed by atoms with Crippen molar-refractivity contribution in [1.29, 1.82) is 0 Å².